The molecule has 1 aromatic rings. The molecule has 10 nitrogen and oxygen atoms in total. The fraction of sp³-hybridized carbons (Fsp3) is 0.704. The lowest BCUT2D eigenvalue weighted by atomic mass is 9.88. The number of cyclic esters (lactones) is 1. The summed E-state index contributed by atoms with van der Waals surface area (Å²) in [5.41, 5.74) is -0.182. The van der Waals surface area contributed by atoms with E-state index in [2.05, 4.69) is 10.3 Å². The Labute approximate surface area is 232 Å². The Morgan fingerprint density at radius 2 is 1.98 bits per heavy atom. The van der Waals surface area contributed by atoms with E-state index in [0.29, 0.717) is 19.3 Å². The van der Waals surface area contributed by atoms with E-state index in [4.69, 9.17) is 23.7 Å². The summed E-state index contributed by atoms with van der Waals surface area (Å²) in [7, 11) is 1.36. The molecule has 0 aliphatic carbocycles. The molecule has 1 N–H and O–H groups in total. The van der Waals surface area contributed by atoms with Gasteiger partial charge >= 0.3 is 18.1 Å². The minimum absolute atomic E-state index is 0.0503. The summed E-state index contributed by atoms with van der Waals surface area (Å²) >= 11 is 0. The zero-order chi connectivity index (χ0) is 29.7. The monoisotopic (exact) mass is 576 g/mol. The highest BCUT2D eigenvalue weighted by Crippen LogP contribution is 2.31. The molecule has 226 valence electrons. The van der Waals surface area contributed by atoms with Crippen molar-refractivity contribution in [3.63, 3.8) is 0 Å². The molecule has 40 heavy (non-hydrogen) atoms. The fourth-order valence-electron chi connectivity index (χ4n) is 4.51. The lowest BCUT2D eigenvalue weighted by Crippen LogP contribution is -2.43. The number of hydrogen-bond donors (Lipinski definition) is 1. The molecule has 1 fully saturated rings. The molecular weight excluding hydrogens is 537 g/mol. The number of methoxy groups -OCH3 is 1. The number of nitrogens with zero attached hydrogens (tertiary/aromatic N) is 1. The lowest BCUT2D eigenvalue weighted by Gasteiger charge is -2.31. The summed E-state index contributed by atoms with van der Waals surface area (Å²) in [5.74, 6) is -2.05. The van der Waals surface area contributed by atoms with Crippen LogP contribution in [0, 0.1) is 5.92 Å². The van der Waals surface area contributed by atoms with Gasteiger partial charge in [-0.1, -0.05) is 19.8 Å². The molecule has 1 amide bonds. The number of ether oxygens (including phenoxy) is 5. The van der Waals surface area contributed by atoms with Gasteiger partial charge < -0.3 is 29.0 Å². The second-order valence-corrected chi connectivity index (χ2v) is 9.62. The fourth-order valence-corrected chi connectivity index (χ4v) is 4.51. The topological polar surface area (TPSA) is 122 Å². The van der Waals surface area contributed by atoms with Crippen molar-refractivity contribution >= 4 is 17.8 Å². The molecule has 0 bridgehead atoms. The highest BCUT2D eigenvalue weighted by Gasteiger charge is 2.35. The molecule has 1 aromatic heterocycles. The number of carbonyl (C=O) groups is 3. The summed E-state index contributed by atoms with van der Waals surface area (Å²) in [6.45, 7) is 4.42. The van der Waals surface area contributed by atoms with Crippen LogP contribution in [0.2, 0.25) is 0 Å². The molecule has 2 heterocycles. The summed E-state index contributed by atoms with van der Waals surface area (Å²) in [5, 5.41) is 2.65. The third kappa shape index (κ3) is 10.8. The molecule has 1 saturated heterocycles. The van der Waals surface area contributed by atoms with Crippen LogP contribution in [-0.4, -0.2) is 67.8 Å². The van der Waals surface area contributed by atoms with E-state index in [1.165, 1.54) is 26.3 Å². The van der Waals surface area contributed by atoms with Crippen LogP contribution in [0.4, 0.5) is 13.2 Å². The second-order valence-electron chi connectivity index (χ2n) is 9.62. The van der Waals surface area contributed by atoms with Crippen LogP contribution < -0.4 is 14.8 Å². The van der Waals surface area contributed by atoms with Gasteiger partial charge in [0.25, 0.3) is 5.91 Å². The van der Waals surface area contributed by atoms with Gasteiger partial charge in [-0.05, 0) is 39.0 Å². The van der Waals surface area contributed by atoms with Crippen molar-refractivity contribution in [1.29, 1.82) is 0 Å². The van der Waals surface area contributed by atoms with Gasteiger partial charge in [0.1, 0.15) is 12.1 Å². The highest BCUT2D eigenvalue weighted by molar-refractivity contribution is 5.98. The van der Waals surface area contributed by atoms with Crippen LogP contribution in [0.5, 0.6) is 11.5 Å². The van der Waals surface area contributed by atoms with E-state index in [0.717, 1.165) is 12.8 Å². The van der Waals surface area contributed by atoms with Gasteiger partial charge in [0.2, 0.25) is 6.79 Å². The van der Waals surface area contributed by atoms with Gasteiger partial charge in [-0.2, -0.15) is 13.2 Å². The Bertz CT molecular complexity index is 976. The Balaban J connectivity index is 2.16. The Morgan fingerprint density at radius 1 is 1.23 bits per heavy atom. The number of rotatable bonds is 13. The zero-order valence-corrected chi connectivity index (χ0v) is 23.4. The highest BCUT2D eigenvalue weighted by atomic mass is 19.4. The van der Waals surface area contributed by atoms with Crippen molar-refractivity contribution in [3.8, 4) is 11.5 Å². The smallest absolute Gasteiger partial charge is 0.389 e. The first-order chi connectivity index (χ1) is 19.0. The SMILES string of the molecule is CCCCC1C(C)OC(=O)C(NC(=O)c2nccc(OC)c2OCOC(C)=O)CCCC1OCCCC(F)(F)F. The largest absolute Gasteiger partial charge is 0.493 e. The van der Waals surface area contributed by atoms with E-state index in [1.807, 2.05) is 6.92 Å². The van der Waals surface area contributed by atoms with Crippen molar-refractivity contribution in [3.05, 3.63) is 18.0 Å². The van der Waals surface area contributed by atoms with Gasteiger partial charge in [-0.15, -0.1) is 0 Å². The molecule has 0 saturated carbocycles. The van der Waals surface area contributed by atoms with Crippen molar-refractivity contribution in [2.24, 2.45) is 5.92 Å². The van der Waals surface area contributed by atoms with E-state index in [9.17, 15) is 27.6 Å². The first-order valence-electron chi connectivity index (χ1n) is 13.5. The standard InChI is InChI=1S/C27H39F3N2O8/c1-5-6-9-19-17(2)40-26(35)20(10-7-11-21(19)37-15-8-13-27(28,29)30)32-25(34)23-24(39-16-38-18(3)33)22(36-4)12-14-31-23/h12,14,17,19-21H,5-11,13,15-16H2,1-4H3,(H,32,34). The maximum atomic E-state index is 13.2. The number of carbonyl (C=O) groups excluding carboxylic acids is 3. The lowest BCUT2D eigenvalue weighted by molar-refractivity contribution is -0.157. The molecule has 13 heteroatoms. The number of nitrogens with one attached hydrogen (secondary N) is 1. The number of aromatic nitrogens is 1. The molecule has 4 atom stereocenters. The van der Waals surface area contributed by atoms with Gasteiger partial charge in [0, 0.05) is 38.1 Å². The molecular formula is C27H39F3N2O8. The number of pyridine rings is 1. The summed E-state index contributed by atoms with van der Waals surface area (Å²) in [6.07, 6.45) is -1.39. The first-order valence-corrected chi connectivity index (χ1v) is 13.5. The summed E-state index contributed by atoms with van der Waals surface area (Å²) in [4.78, 5) is 41.5. The third-order valence-electron chi connectivity index (χ3n) is 6.55. The summed E-state index contributed by atoms with van der Waals surface area (Å²) < 4.78 is 64.9. The van der Waals surface area contributed by atoms with Crippen LogP contribution in [0.1, 0.15) is 82.6 Å². The molecule has 1 aliphatic rings. The van der Waals surface area contributed by atoms with Crippen LogP contribution in [-0.2, 0) is 23.8 Å². The quantitative estimate of drug-likeness (QED) is 0.202. The van der Waals surface area contributed by atoms with Crippen LogP contribution >= 0.6 is 0 Å². The number of alkyl halides is 3. The zero-order valence-electron chi connectivity index (χ0n) is 23.4. The minimum atomic E-state index is -4.25. The van der Waals surface area contributed by atoms with E-state index in [1.54, 1.807) is 6.92 Å². The molecule has 0 aromatic carbocycles. The van der Waals surface area contributed by atoms with Crippen molar-refractivity contribution < 1.29 is 51.2 Å². The number of unbranched alkanes of at least 4 members (excludes halogenated alkanes) is 1. The van der Waals surface area contributed by atoms with Gasteiger partial charge in [0.15, 0.2) is 17.2 Å². The van der Waals surface area contributed by atoms with Crippen molar-refractivity contribution in [2.45, 2.75) is 96.6 Å². The Morgan fingerprint density at radius 3 is 2.62 bits per heavy atom. The summed E-state index contributed by atoms with van der Waals surface area (Å²) in [6, 6.07) is 0.446. The number of hydrogen-bond acceptors (Lipinski definition) is 9. The van der Waals surface area contributed by atoms with Gasteiger partial charge in [0.05, 0.1) is 13.2 Å². The predicted octanol–water partition coefficient (Wildman–Crippen LogP) is 4.74. The molecule has 2 rings (SSSR count). The molecule has 1 aliphatic heterocycles. The number of amides is 1. The minimum Gasteiger partial charge on any atom is -0.493 e. The van der Waals surface area contributed by atoms with Crippen LogP contribution in [0.25, 0.3) is 0 Å². The average Bonchev–Trinajstić information content (AvgIpc) is 2.93. The maximum absolute atomic E-state index is 13.2. The third-order valence-corrected chi connectivity index (χ3v) is 6.55. The van der Waals surface area contributed by atoms with Crippen LogP contribution in [0.15, 0.2) is 12.3 Å². The number of esters is 2. The predicted molar refractivity (Wildman–Crippen MR) is 137 cm³/mol. The van der Waals surface area contributed by atoms with Crippen molar-refractivity contribution in [1.82, 2.24) is 10.3 Å². The van der Waals surface area contributed by atoms with E-state index in [-0.39, 0.29) is 42.6 Å². The second kappa shape index (κ2) is 16.2. The molecule has 0 radical (unpaired) electrons. The maximum Gasteiger partial charge on any atom is 0.389 e. The average molecular weight is 577 g/mol. The Hall–Kier alpha value is -3.09. The van der Waals surface area contributed by atoms with E-state index < -0.39 is 55.5 Å². The van der Waals surface area contributed by atoms with Crippen LogP contribution in [0.3, 0.4) is 0 Å². The first kappa shape index (κ1) is 33.1. The number of halogens is 3. The van der Waals surface area contributed by atoms with Crippen molar-refractivity contribution in [2.75, 3.05) is 20.5 Å². The van der Waals surface area contributed by atoms with Gasteiger partial charge in [-0.25, -0.2) is 9.78 Å². The van der Waals surface area contributed by atoms with E-state index >= 15 is 0 Å². The Kier molecular flexibility index (Phi) is 13.4. The molecule has 4 unspecified atom stereocenters. The molecule has 0 spiro atoms. The normalized spacial score (nSPS) is 21.8. The van der Waals surface area contributed by atoms with Gasteiger partial charge in [-0.3, -0.25) is 9.59 Å².